The number of aryl methyl sites for hydroxylation is 1. The van der Waals surface area contributed by atoms with Gasteiger partial charge in [-0.2, -0.15) is 0 Å². The predicted octanol–water partition coefficient (Wildman–Crippen LogP) is 3.45. The molecule has 1 atom stereocenters. The summed E-state index contributed by atoms with van der Waals surface area (Å²) in [4.78, 5) is 25.0. The van der Waals surface area contributed by atoms with Crippen LogP contribution in [0.15, 0.2) is 36.4 Å². The van der Waals surface area contributed by atoms with Crippen molar-refractivity contribution >= 4 is 11.9 Å². The molecule has 0 bridgehead atoms. The molecule has 7 heteroatoms. The van der Waals surface area contributed by atoms with Crippen molar-refractivity contribution in [3.05, 3.63) is 53.1 Å². The Hall–Kier alpha value is -3.22. The van der Waals surface area contributed by atoms with Gasteiger partial charge in [0.05, 0.1) is 40.4 Å². The minimum Gasteiger partial charge on any atom is -0.493 e. The number of benzene rings is 2. The van der Waals surface area contributed by atoms with Gasteiger partial charge in [-0.25, -0.2) is 0 Å². The minimum absolute atomic E-state index is 0.0209. The zero-order valence-electron chi connectivity index (χ0n) is 17.4. The topological polar surface area (TPSA) is 83.1 Å². The SMILES string of the molecule is CCOC(=O)C[C@H](NC(=O)c1cc(OC)c(OC)c(OC)c1)c1ccc(C)cc1. The fourth-order valence-electron chi connectivity index (χ4n) is 2.89. The number of hydrogen-bond acceptors (Lipinski definition) is 6. The summed E-state index contributed by atoms with van der Waals surface area (Å²) in [5.74, 6) is 0.374. The fraction of sp³-hybridized carbons (Fsp3) is 0.364. The van der Waals surface area contributed by atoms with Crippen LogP contribution in [0.3, 0.4) is 0 Å². The molecule has 0 unspecified atom stereocenters. The first-order valence-corrected chi connectivity index (χ1v) is 9.26. The van der Waals surface area contributed by atoms with E-state index in [-0.39, 0.29) is 24.9 Å². The number of amides is 1. The summed E-state index contributed by atoms with van der Waals surface area (Å²) < 4.78 is 21.0. The molecule has 1 amide bonds. The van der Waals surface area contributed by atoms with Crippen LogP contribution in [0.4, 0.5) is 0 Å². The van der Waals surface area contributed by atoms with Crippen LogP contribution in [0.5, 0.6) is 17.2 Å². The van der Waals surface area contributed by atoms with Crippen molar-refractivity contribution in [3.8, 4) is 17.2 Å². The van der Waals surface area contributed by atoms with E-state index in [1.54, 1.807) is 19.1 Å². The van der Waals surface area contributed by atoms with Gasteiger partial charge in [0.1, 0.15) is 0 Å². The second-order valence-corrected chi connectivity index (χ2v) is 6.36. The monoisotopic (exact) mass is 401 g/mol. The largest absolute Gasteiger partial charge is 0.493 e. The molecule has 1 N–H and O–H groups in total. The van der Waals surface area contributed by atoms with Crippen LogP contribution in [-0.4, -0.2) is 39.8 Å². The smallest absolute Gasteiger partial charge is 0.308 e. The van der Waals surface area contributed by atoms with Crippen LogP contribution in [-0.2, 0) is 9.53 Å². The van der Waals surface area contributed by atoms with E-state index >= 15 is 0 Å². The first-order valence-electron chi connectivity index (χ1n) is 9.26. The second kappa shape index (κ2) is 10.4. The third kappa shape index (κ3) is 5.63. The third-order valence-electron chi connectivity index (χ3n) is 4.39. The van der Waals surface area contributed by atoms with Gasteiger partial charge in [-0.05, 0) is 31.5 Å². The zero-order chi connectivity index (χ0) is 21.4. The molecular formula is C22H27NO6. The maximum atomic E-state index is 13.0. The lowest BCUT2D eigenvalue weighted by Gasteiger charge is -2.20. The van der Waals surface area contributed by atoms with Crippen LogP contribution in [0, 0.1) is 6.92 Å². The molecule has 0 aliphatic heterocycles. The van der Waals surface area contributed by atoms with Gasteiger partial charge in [0.25, 0.3) is 5.91 Å². The number of carbonyl (C=O) groups is 2. The average molecular weight is 401 g/mol. The first kappa shape index (κ1) is 22.1. The molecule has 29 heavy (non-hydrogen) atoms. The van der Waals surface area contributed by atoms with Crippen LogP contribution in [0.1, 0.15) is 40.9 Å². The van der Waals surface area contributed by atoms with E-state index in [1.807, 2.05) is 31.2 Å². The number of ether oxygens (including phenoxy) is 4. The molecule has 0 aliphatic carbocycles. The summed E-state index contributed by atoms with van der Waals surface area (Å²) in [6, 6.07) is 10.2. The Labute approximate surface area is 170 Å². The molecule has 0 spiro atoms. The fourth-order valence-corrected chi connectivity index (χ4v) is 2.89. The van der Waals surface area contributed by atoms with Gasteiger partial charge in [0.15, 0.2) is 11.5 Å². The summed E-state index contributed by atoms with van der Waals surface area (Å²) in [5, 5.41) is 2.91. The molecule has 2 rings (SSSR count). The van der Waals surface area contributed by atoms with Crippen LogP contribution < -0.4 is 19.5 Å². The summed E-state index contributed by atoms with van der Waals surface area (Å²) in [6.07, 6.45) is 0.0209. The molecule has 156 valence electrons. The molecule has 0 heterocycles. The molecule has 0 aromatic heterocycles. The van der Waals surface area contributed by atoms with Crippen molar-refractivity contribution < 1.29 is 28.5 Å². The Kier molecular flexibility index (Phi) is 7.88. The number of hydrogen-bond donors (Lipinski definition) is 1. The molecule has 0 radical (unpaired) electrons. The molecule has 7 nitrogen and oxygen atoms in total. The van der Waals surface area contributed by atoms with Gasteiger partial charge in [0.2, 0.25) is 5.75 Å². The molecular weight excluding hydrogens is 374 g/mol. The van der Waals surface area contributed by atoms with E-state index in [4.69, 9.17) is 18.9 Å². The van der Waals surface area contributed by atoms with Crippen LogP contribution in [0.25, 0.3) is 0 Å². The van der Waals surface area contributed by atoms with Gasteiger partial charge < -0.3 is 24.3 Å². The highest BCUT2D eigenvalue weighted by Gasteiger charge is 2.22. The summed E-state index contributed by atoms with van der Waals surface area (Å²) in [6.45, 7) is 3.99. The third-order valence-corrected chi connectivity index (χ3v) is 4.39. The predicted molar refractivity (Wildman–Crippen MR) is 109 cm³/mol. The number of esters is 1. The van der Waals surface area contributed by atoms with E-state index in [0.717, 1.165) is 11.1 Å². The summed E-state index contributed by atoms with van der Waals surface area (Å²) >= 11 is 0. The molecule has 0 fully saturated rings. The molecule has 2 aromatic rings. The Bertz CT molecular complexity index is 822. The lowest BCUT2D eigenvalue weighted by Crippen LogP contribution is -2.30. The van der Waals surface area contributed by atoms with Gasteiger partial charge in [-0.3, -0.25) is 9.59 Å². The van der Waals surface area contributed by atoms with Gasteiger partial charge >= 0.3 is 5.97 Å². The summed E-state index contributed by atoms with van der Waals surface area (Å²) in [7, 11) is 4.45. The van der Waals surface area contributed by atoms with Gasteiger partial charge in [-0.1, -0.05) is 29.8 Å². The Morgan fingerprint density at radius 2 is 1.55 bits per heavy atom. The molecule has 0 saturated heterocycles. The number of methoxy groups -OCH3 is 3. The number of carbonyl (C=O) groups excluding carboxylic acids is 2. The molecule has 0 saturated carbocycles. The van der Waals surface area contributed by atoms with Crippen molar-refractivity contribution in [2.75, 3.05) is 27.9 Å². The summed E-state index contributed by atoms with van der Waals surface area (Å²) in [5.41, 5.74) is 2.21. The standard InChI is InChI=1S/C22H27NO6/c1-6-29-20(24)13-17(15-9-7-14(2)8-10-15)23-22(25)16-11-18(26-3)21(28-5)19(12-16)27-4/h7-12,17H,6,13H2,1-5H3,(H,23,25)/t17-/m0/s1. The van der Waals surface area contributed by atoms with Crippen molar-refractivity contribution in [1.29, 1.82) is 0 Å². The Balaban J connectivity index is 2.33. The first-order chi connectivity index (χ1) is 13.9. The van der Waals surface area contributed by atoms with Crippen molar-refractivity contribution in [2.45, 2.75) is 26.3 Å². The van der Waals surface area contributed by atoms with Crippen molar-refractivity contribution in [1.82, 2.24) is 5.32 Å². The lowest BCUT2D eigenvalue weighted by molar-refractivity contribution is -0.143. The zero-order valence-corrected chi connectivity index (χ0v) is 17.4. The average Bonchev–Trinajstić information content (AvgIpc) is 2.72. The normalized spacial score (nSPS) is 11.3. The number of rotatable bonds is 9. The van der Waals surface area contributed by atoms with E-state index in [2.05, 4.69) is 5.32 Å². The van der Waals surface area contributed by atoms with E-state index in [1.165, 1.54) is 21.3 Å². The number of nitrogens with one attached hydrogen (secondary N) is 1. The van der Waals surface area contributed by atoms with Gasteiger partial charge in [-0.15, -0.1) is 0 Å². The highest BCUT2D eigenvalue weighted by Crippen LogP contribution is 2.38. The van der Waals surface area contributed by atoms with Gasteiger partial charge in [0, 0.05) is 5.56 Å². The van der Waals surface area contributed by atoms with Crippen LogP contribution >= 0.6 is 0 Å². The van der Waals surface area contributed by atoms with Crippen LogP contribution in [0.2, 0.25) is 0 Å². The van der Waals surface area contributed by atoms with Crippen molar-refractivity contribution in [3.63, 3.8) is 0 Å². The van der Waals surface area contributed by atoms with Crippen molar-refractivity contribution in [2.24, 2.45) is 0 Å². The maximum absolute atomic E-state index is 13.0. The molecule has 2 aromatic carbocycles. The maximum Gasteiger partial charge on any atom is 0.308 e. The quantitative estimate of drug-likeness (QED) is 0.648. The Morgan fingerprint density at radius 3 is 2.03 bits per heavy atom. The van der Waals surface area contributed by atoms with E-state index < -0.39 is 6.04 Å². The highest BCUT2D eigenvalue weighted by atomic mass is 16.5. The lowest BCUT2D eigenvalue weighted by atomic mass is 10.0. The minimum atomic E-state index is -0.541. The van der Waals surface area contributed by atoms with E-state index in [0.29, 0.717) is 22.8 Å². The van der Waals surface area contributed by atoms with E-state index in [9.17, 15) is 9.59 Å². The second-order valence-electron chi connectivity index (χ2n) is 6.36. The highest BCUT2D eigenvalue weighted by molar-refractivity contribution is 5.96. The molecule has 0 aliphatic rings. The Morgan fingerprint density at radius 1 is 0.966 bits per heavy atom.